The van der Waals surface area contributed by atoms with Crippen molar-refractivity contribution >= 4 is 73.0 Å². The van der Waals surface area contributed by atoms with Crippen LogP contribution in [-0.4, -0.2) is 157 Å². The van der Waals surface area contributed by atoms with E-state index >= 15 is 0 Å². The van der Waals surface area contributed by atoms with Crippen molar-refractivity contribution in [3.8, 4) is 11.5 Å². The second-order valence-electron chi connectivity index (χ2n) is 19.8. The highest BCUT2D eigenvalue weighted by Crippen LogP contribution is 2.53. The van der Waals surface area contributed by atoms with Gasteiger partial charge in [0.05, 0.1) is 33.4 Å². The van der Waals surface area contributed by atoms with Gasteiger partial charge < -0.3 is 65.5 Å². The smallest absolute Gasteiger partial charge is 0.341 e. The number of carbonyl (C=O) groups excluding carboxylic acids is 3. The fourth-order valence-electron chi connectivity index (χ4n) is 10.6. The molecule has 3 aliphatic carbocycles. The zero-order chi connectivity index (χ0) is 55.6. The monoisotopic (exact) mass is 1070 g/mol. The van der Waals surface area contributed by atoms with Gasteiger partial charge in [0.15, 0.2) is 28.8 Å². The summed E-state index contributed by atoms with van der Waals surface area (Å²) in [4.78, 5) is 70.2. The first kappa shape index (κ1) is 54.3. The number of benzene rings is 3. The molecule has 1 unspecified atom stereocenters. The maximum absolute atomic E-state index is 15.0. The van der Waals surface area contributed by atoms with Crippen LogP contribution in [0.25, 0.3) is 16.7 Å². The van der Waals surface area contributed by atoms with Crippen LogP contribution >= 0.6 is 0 Å². The second kappa shape index (κ2) is 20.3. The van der Waals surface area contributed by atoms with E-state index < -0.39 is 85.3 Å². The van der Waals surface area contributed by atoms with E-state index in [1.165, 1.54) is 47.5 Å². The summed E-state index contributed by atoms with van der Waals surface area (Å²) < 4.78 is 53.4. The average molecular weight is 1070 g/mol. The van der Waals surface area contributed by atoms with Gasteiger partial charge in [0.25, 0.3) is 15.9 Å². The van der Waals surface area contributed by atoms with Crippen LogP contribution in [0.3, 0.4) is 0 Å². The Labute approximate surface area is 434 Å². The van der Waals surface area contributed by atoms with Crippen molar-refractivity contribution < 1.29 is 66.8 Å². The van der Waals surface area contributed by atoms with Crippen LogP contribution in [0.15, 0.2) is 85.8 Å². The van der Waals surface area contributed by atoms with Gasteiger partial charge in [-0.15, -0.1) is 0 Å². The number of aromatic nitrogens is 2. The third kappa shape index (κ3) is 9.43. The Balaban J connectivity index is 0.000000159. The van der Waals surface area contributed by atoms with Crippen molar-refractivity contribution in [2.75, 3.05) is 88.3 Å². The van der Waals surface area contributed by atoms with Gasteiger partial charge in [0, 0.05) is 75.4 Å². The normalized spacial score (nSPS) is 22.1. The van der Waals surface area contributed by atoms with Crippen molar-refractivity contribution in [2.24, 2.45) is 17.6 Å². The molecule has 5 aliphatic rings. The fraction of sp³-hybridized carbons (Fsp3) is 0.373. The lowest BCUT2D eigenvalue weighted by atomic mass is 9.57. The number of aromatic hydroxyl groups is 1. The van der Waals surface area contributed by atoms with Crippen LogP contribution < -0.4 is 36.2 Å². The van der Waals surface area contributed by atoms with Crippen molar-refractivity contribution in [3.05, 3.63) is 110 Å². The number of fused-ring (bicyclic) bond motifs is 3. The number of piperazine rings is 1. The fourth-order valence-corrected chi connectivity index (χ4v) is 11.6. The van der Waals surface area contributed by atoms with E-state index in [1.54, 1.807) is 31.7 Å². The molecule has 3 aromatic carbocycles. The predicted molar refractivity (Wildman–Crippen MR) is 277 cm³/mol. The third-order valence-corrected chi connectivity index (χ3v) is 15.7. The maximum Gasteiger partial charge on any atom is 0.341 e. The summed E-state index contributed by atoms with van der Waals surface area (Å²) >= 11 is 0. The number of hydrogen-bond acceptors (Lipinski definition) is 19. The van der Waals surface area contributed by atoms with Gasteiger partial charge in [0.2, 0.25) is 11.2 Å². The summed E-state index contributed by atoms with van der Waals surface area (Å²) in [7, 11) is 5.12. The molecule has 5 aromatic rings. The van der Waals surface area contributed by atoms with Crippen LogP contribution in [0.1, 0.15) is 46.6 Å². The molecule has 0 spiro atoms. The van der Waals surface area contributed by atoms with E-state index in [-0.39, 0.29) is 64.0 Å². The van der Waals surface area contributed by atoms with Crippen LogP contribution in [0, 0.1) is 24.6 Å². The Kier molecular flexibility index (Phi) is 14.5. The number of nitrogens with two attached hydrogens (primary N) is 2. The van der Waals surface area contributed by atoms with Crippen LogP contribution in [0.2, 0.25) is 0 Å². The number of sulfonamides is 1. The van der Waals surface area contributed by atoms with E-state index in [9.17, 15) is 62.3 Å². The number of pyridine rings is 1. The number of aromatic carboxylic acids is 1. The average Bonchev–Trinajstić information content (AvgIpc) is 3.78. The van der Waals surface area contributed by atoms with Crippen LogP contribution in [0.5, 0.6) is 11.5 Å². The molecule has 25 heteroatoms. The van der Waals surface area contributed by atoms with Gasteiger partial charge in [-0.05, 0) is 102 Å². The van der Waals surface area contributed by atoms with Gasteiger partial charge in [0.1, 0.15) is 46.5 Å². The lowest BCUT2D eigenvalue weighted by Gasteiger charge is -2.50. The highest BCUT2D eigenvalue weighted by molar-refractivity contribution is 7.92. The number of rotatable bonds is 8. The van der Waals surface area contributed by atoms with Crippen molar-refractivity contribution in [2.45, 2.75) is 49.3 Å². The number of aryl methyl sites for hydroxylation is 1. The van der Waals surface area contributed by atoms with Gasteiger partial charge in [-0.1, -0.05) is 5.16 Å². The van der Waals surface area contributed by atoms with Crippen LogP contribution in [-0.2, 0) is 30.8 Å². The number of Topliss-reactive ketones (excluding diaryl/α,β-unsaturated/α-hetero) is 2. The zero-order valence-corrected chi connectivity index (χ0v) is 43.3. The minimum absolute atomic E-state index is 0.0434. The number of nitrogens with zero attached hydrogens (tertiary/aromatic N) is 6. The number of aliphatic hydroxyl groups excluding tert-OH is 2. The number of phenols is 1. The summed E-state index contributed by atoms with van der Waals surface area (Å²) in [6, 6.07) is 10.4. The van der Waals surface area contributed by atoms with E-state index in [1.807, 2.05) is 37.9 Å². The zero-order valence-electron chi connectivity index (χ0n) is 42.5. The Morgan fingerprint density at radius 2 is 1.64 bits per heavy atom. The maximum atomic E-state index is 15.0. The summed E-state index contributed by atoms with van der Waals surface area (Å²) in [5, 5.41) is 56.8. The molecule has 1 saturated carbocycles. The highest BCUT2D eigenvalue weighted by Gasteiger charge is 2.64. The molecule has 4 heterocycles. The summed E-state index contributed by atoms with van der Waals surface area (Å²) in [5.41, 5.74) is 8.91. The molecule has 2 fully saturated rings. The molecule has 10 N–H and O–H groups in total. The Morgan fingerprint density at radius 1 is 0.987 bits per heavy atom. The molecule has 1 saturated heterocycles. The molecule has 1 amide bonds. The first-order valence-electron chi connectivity index (χ1n) is 23.9. The predicted octanol–water partition coefficient (Wildman–Crippen LogP) is 2.94. The quantitative estimate of drug-likeness (QED) is 0.0818. The van der Waals surface area contributed by atoms with Crippen molar-refractivity contribution in [1.29, 1.82) is 0 Å². The molecular weight excluding hydrogens is 1010 g/mol. The first-order chi connectivity index (χ1) is 35.7. The molecular formula is C51H58FN9O14S. The third-order valence-electron chi connectivity index (χ3n) is 14.3. The van der Waals surface area contributed by atoms with Gasteiger partial charge in [-0.2, -0.15) is 0 Å². The number of halogens is 1. The van der Waals surface area contributed by atoms with Crippen molar-refractivity contribution in [3.63, 3.8) is 0 Å². The van der Waals surface area contributed by atoms with Crippen LogP contribution in [0.4, 0.5) is 27.3 Å². The number of carboxylic acid groups (broad SMARTS) is 1. The molecule has 5 atom stereocenters. The highest BCUT2D eigenvalue weighted by atomic mass is 32.2. The second-order valence-corrected chi connectivity index (χ2v) is 21.5. The summed E-state index contributed by atoms with van der Waals surface area (Å²) in [6.07, 6.45) is 1.67. The molecule has 10 rings (SSSR count). The Morgan fingerprint density at radius 3 is 2.22 bits per heavy atom. The molecule has 76 heavy (non-hydrogen) atoms. The number of likely N-dealkylation sites (N-methyl/N-ethyl adjacent to an activating group) is 2. The summed E-state index contributed by atoms with van der Waals surface area (Å²) in [6.45, 7) is 6.75. The minimum atomic E-state index is -3.64. The largest absolute Gasteiger partial charge is 0.508 e. The van der Waals surface area contributed by atoms with Gasteiger partial charge in [-0.3, -0.25) is 28.8 Å². The number of nitrogens with one attached hydrogen (secondary N) is 1. The van der Waals surface area contributed by atoms with Gasteiger partial charge in [-0.25, -0.2) is 17.6 Å². The van der Waals surface area contributed by atoms with E-state index in [2.05, 4.69) is 14.8 Å². The topological polar surface area (TPSA) is 338 Å². The summed E-state index contributed by atoms with van der Waals surface area (Å²) in [5.74, 6) is -7.40. The number of nitrogen functional groups attached to an aromatic ring is 1. The standard InChI is InChI=1S/C23H27N3O7.C18H20FN3O4.C10H11N3O3S/c1-25(2)12-5-6-13(27)15-10(12)7-9-8-11-17(26(3)4)19(29)16(22(24)32)21(31)23(11,33)20(30)14(9)18(15)28;1-10-9-26-17-14-11(16(23)12(18(24)25)8-22(10)14)7-13(19)15(17)21-5-3-20(2)4-6-21;1-7-6-10(12-16-7)13-17(14,15)9-4-2-8(11)3-5-9/h5-6,9,11,17,27-28,31,33H,7-8H2,1-4H3,(H2,24,32);7-8,10H,3-6,9H2,1-2H3,(H,24,25);2-6H,11H2,1H3,(H,12,13)/t9-,11-,17-,23-;;/m0../s1. The first-order valence-corrected chi connectivity index (χ1v) is 25.4. The number of carbonyl (C=O) groups is 4. The molecule has 0 bridgehead atoms. The number of ether oxygens (including phenoxy) is 1. The number of primary amides is 1. The SMILES string of the molecule is CC1COc2c(N3CCN(C)CC3)c(F)cc3c(=O)c(C(=O)O)cn1c23.CN(C)c1ccc(O)c2c1C[C@H]1C[C@H]3[C@H](N(C)C)C(=O)C(C(N)=O)=C(O)[C@@]3(O)C(=O)C1=C2O.Cc1cc(NS(=O)(=O)c2ccc(N)cc2)no1. The Bertz CT molecular complexity index is 3460. The number of aliphatic hydroxyl groups is 3. The number of anilines is 4. The Hall–Kier alpha value is -8.00. The molecule has 404 valence electrons. The molecule has 23 nitrogen and oxygen atoms in total. The molecule has 2 aromatic heterocycles. The lowest BCUT2D eigenvalue weighted by Crippen LogP contribution is -2.65. The number of carboxylic acids is 1. The number of phenolic OH excluding ortho intramolecular Hbond substituents is 1. The van der Waals surface area contributed by atoms with E-state index in [4.69, 9.17) is 20.7 Å². The van der Waals surface area contributed by atoms with E-state index in [0.29, 0.717) is 47.1 Å². The lowest BCUT2D eigenvalue weighted by molar-refractivity contribution is -0.153. The van der Waals surface area contributed by atoms with Crippen molar-refractivity contribution in [1.82, 2.24) is 19.5 Å². The van der Waals surface area contributed by atoms with E-state index in [0.717, 1.165) is 24.8 Å². The number of ketones is 2. The molecule has 0 radical (unpaired) electrons. The minimum Gasteiger partial charge on any atom is -0.508 e. The number of amides is 1. The van der Waals surface area contributed by atoms with Gasteiger partial charge >= 0.3 is 5.97 Å². The number of hydrogen-bond donors (Lipinski definition) is 8. The molecule has 2 aliphatic heterocycles.